The number of benzene rings is 2. The molecule has 0 radical (unpaired) electrons. The first-order valence-corrected chi connectivity index (χ1v) is 7.20. The maximum Gasteiger partial charge on any atom is 0.146 e. The summed E-state index contributed by atoms with van der Waals surface area (Å²) < 4.78 is 20.4. The van der Waals surface area contributed by atoms with Gasteiger partial charge in [0.25, 0.3) is 0 Å². The Morgan fingerprint density at radius 1 is 1.16 bits per heavy atom. The highest BCUT2D eigenvalue weighted by Gasteiger charge is 2.04. The lowest BCUT2D eigenvalue weighted by molar-refractivity contribution is 0.412. The average molecular weight is 389 g/mol. The van der Waals surface area contributed by atoms with Gasteiger partial charge in [0.05, 0.1) is 17.3 Å². The van der Waals surface area contributed by atoms with Crippen molar-refractivity contribution in [3.63, 3.8) is 0 Å². The third-order valence-electron chi connectivity index (χ3n) is 2.63. The van der Waals surface area contributed by atoms with Gasteiger partial charge in [0.15, 0.2) is 0 Å². The summed E-state index contributed by atoms with van der Waals surface area (Å²) in [5.41, 5.74) is 1.51. The minimum atomic E-state index is -0.268. The van der Waals surface area contributed by atoms with E-state index < -0.39 is 0 Å². The van der Waals surface area contributed by atoms with Gasteiger partial charge in [-0.2, -0.15) is 0 Å². The van der Waals surface area contributed by atoms with E-state index in [1.807, 2.05) is 18.2 Å². The van der Waals surface area contributed by atoms with Crippen LogP contribution in [0, 0.1) is 5.82 Å². The molecule has 2 rings (SSSR count). The average Bonchev–Trinajstić information content (AvgIpc) is 2.40. The summed E-state index contributed by atoms with van der Waals surface area (Å²) in [7, 11) is 1.62. The standard InChI is InChI=1S/C14H12Br2FNO/c1-19-14-5-2-9(6-11(14)16)8-18-13-7-10(15)3-4-12(13)17/h2-7,18H,8H2,1H3. The van der Waals surface area contributed by atoms with Gasteiger partial charge in [0.1, 0.15) is 11.6 Å². The number of ether oxygens (including phenoxy) is 1. The van der Waals surface area contributed by atoms with Gasteiger partial charge in [0.2, 0.25) is 0 Å². The molecule has 0 spiro atoms. The molecule has 0 fully saturated rings. The van der Waals surface area contributed by atoms with Gasteiger partial charge in [-0.3, -0.25) is 0 Å². The Kier molecular flexibility index (Phi) is 4.82. The molecule has 0 saturated carbocycles. The maximum atomic E-state index is 13.6. The molecular formula is C14H12Br2FNO. The Hall–Kier alpha value is -1.07. The van der Waals surface area contributed by atoms with Crippen LogP contribution in [0.1, 0.15) is 5.56 Å². The summed E-state index contributed by atoms with van der Waals surface area (Å²) in [4.78, 5) is 0. The molecular weight excluding hydrogens is 377 g/mol. The minimum Gasteiger partial charge on any atom is -0.496 e. The molecule has 0 aliphatic heterocycles. The Bertz CT molecular complexity index is 590. The predicted octanol–water partition coefficient (Wildman–Crippen LogP) is 4.97. The smallest absolute Gasteiger partial charge is 0.146 e. The first kappa shape index (κ1) is 14.3. The molecule has 0 heterocycles. The van der Waals surface area contributed by atoms with Crippen molar-refractivity contribution in [3.8, 4) is 5.75 Å². The molecule has 2 aromatic rings. The zero-order chi connectivity index (χ0) is 13.8. The van der Waals surface area contributed by atoms with Gasteiger partial charge in [-0.25, -0.2) is 4.39 Å². The largest absolute Gasteiger partial charge is 0.496 e. The van der Waals surface area contributed by atoms with Crippen molar-refractivity contribution in [2.24, 2.45) is 0 Å². The van der Waals surface area contributed by atoms with Crippen LogP contribution in [0.25, 0.3) is 0 Å². The second-order valence-electron chi connectivity index (χ2n) is 3.95. The number of methoxy groups -OCH3 is 1. The number of hydrogen-bond donors (Lipinski definition) is 1. The molecule has 0 bridgehead atoms. The van der Waals surface area contributed by atoms with Crippen LogP contribution in [0.15, 0.2) is 45.3 Å². The third kappa shape index (κ3) is 3.70. The van der Waals surface area contributed by atoms with E-state index in [4.69, 9.17) is 4.74 Å². The second-order valence-corrected chi connectivity index (χ2v) is 5.72. The van der Waals surface area contributed by atoms with E-state index in [0.717, 1.165) is 20.3 Å². The van der Waals surface area contributed by atoms with Gasteiger partial charge in [-0.05, 0) is 51.8 Å². The number of hydrogen-bond acceptors (Lipinski definition) is 2. The number of anilines is 1. The summed E-state index contributed by atoms with van der Waals surface area (Å²) in [6.07, 6.45) is 0. The van der Waals surface area contributed by atoms with Crippen molar-refractivity contribution in [2.45, 2.75) is 6.54 Å². The van der Waals surface area contributed by atoms with Crippen molar-refractivity contribution >= 4 is 37.5 Å². The van der Waals surface area contributed by atoms with Crippen molar-refractivity contribution in [1.82, 2.24) is 0 Å². The monoisotopic (exact) mass is 387 g/mol. The molecule has 0 aliphatic rings. The minimum absolute atomic E-state index is 0.268. The van der Waals surface area contributed by atoms with Crippen molar-refractivity contribution in [2.75, 3.05) is 12.4 Å². The fourth-order valence-electron chi connectivity index (χ4n) is 1.65. The van der Waals surface area contributed by atoms with Crippen LogP contribution in [-0.2, 0) is 6.54 Å². The van der Waals surface area contributed by atoms with Crippen LogP contribution < -0.4 is 10.1 Å². The molecule has 0 aliphatic carbocycles. The normalized spacial score (nSPS) is 10.3. The van der Waals surface area contributed by atoms with E-state index in [1.54, 1.807) is 19.2 Å². The summed E-state index contributed by atoms with van der Waals surface area (Å²) in [6.45, 7) is 0.538. The second kappa shape index (κ2) is 6.39. The summed E-state index contributed by atoms with van der Waals surface area (Å²) in [5, 5.41) is 3.07. The van der Waals surface area contributed by atoms with Crippen LogP contribution in [0.4, 0.5) is 10.1 Å². The summed E-state index contributed by atoms with van der Waals surface area (Å²) >= 11 is 6.75. The third-order valence-corrected chi connectivity index (χ3v) is 3.74. The van der Waals surface area contributed by atoms with Gasteiger partial charge in [0, 0.05) is 11.0 Å². The van der Waals surface area contributed by atoms with Gasteiger partial charge >= 0.3 is 0 Å². The van der Waals surface area contributed by atoms with E-state index >= 15 is 0 Å². The van der Waals surface area contributed by atoms with E-state index in [9.17, 15) is 4.39 Å². The van der Waals surface area contributed by atoms with E-state index in [2.05, 4.69) is 37.2 Å². The quantitative estimate of drug-likeness (QED) is 0.798. The number of rotatable bonds is 4. The van der Waals surface area contributed by atoms with Gasteiger partial charge < -0.3 is 10.1 Å². The van der Waals surface area contributed by atoms with E-state index in [1.165, 1.54) is 6.07 Å². The molecule has 100 valence electrons. The fourth-order valence-corrected chi connectivity index (χ4v) is 2.60. The molecule has 0 atom stereocenters. The molecule has 0 saturated heterocycles. The maximum absolute atomic E-state index is 13.6. The van der Waals surface area contributed by atoms with E-state index in [-0.39, 0.29) is 5.82 Å². The van der Waals surface area contributed by atoms with Crippen LogP contribution in [0.2, 0.25) is 0 Å². The molecule has 0 amide bonds. The number of halogens is 3. The lowest BCUT2D eigenvalue weighted by Crippen LogP contribution is -2.01. The van der Waals surface area contributed by atoms with Crippen molar-refractivity contribution in [1.29, 1.82) is 0 Å². The zero-order valence-corrected chi connectivity index (χ0v) is 13.4. The van der Waals surface area contributed by atoms with Crippen LogP contribution in [0.3, 0.4) is 0 Å². The number of nitrogens with one attached hydrogen (secondary N) is 1. The molecule has 1 N–H and O–H groups in total. The van der Waals surface area contributed by atoms with Crippen LogP contribution in [-0.4, -0.2) is 7.11 Å². The Balaban J connectivity index is 2.10. The topological polar surface area (TPSA) is 21.3 Å². The van der Waals surface area contributed by atoms with Gasteiger partial charge in [-0.15, -0.1) is 0 Å². The predicted molar refractivity (Wildman–Crippen MR) is 82.1 cm³/mol. The molecule has 0 unspecified atom stereocenters. The van der Waals surface area contributed by atoms with E-state index in [0.29, 0.717) is 12.2 Å². The van der Waals surface area contributed by atoms with Crippen molar-refractivity contribution < 1.29 is 9.13 Å². The fraction of sp³-hybridized carbons (Fsp3) is 0.143. The molecule has 2 aromatic carbocycles. The zero-order valence-electron chi connectivity index (χ0n) is 10.2. The first-order chi connectivity index (χ1) is 9.10. The molecule has 2 nitrogen and oxygen atoms in total. The lowest BCUT2D eigenvalue weighted by atomic mass is 10.2. The highest BCUT2D eigenvalue weighted by Crippen LogP contribution is 2.26. The van der Waals surface area contributed by atoms with Gasteiger partial charge in [-0.1, -0.05) is 22.0 Å². The highest BCUT2D eigenvalue weighted by atomic mass is 79.9. The SMILES string of the molecule is COc1ccc(CNc2cc(Br)ccc2F)cc1Br. The Morgan fingerprint density at radius 3 is 2.63 bits per heavy atom. The first-order valence-electron chi connectivity index (χ1n) is 5.61. The highest BCUT2D eigenvalue weighted by molar-refractivity contribution is 9.10. The molecule has 5 heteroatoms. The Morgan fingerprint density at radius 2 is 1.95 bits per heavy atom. The summed E-state index contributed by atoms with van der Waals surface area (Å²) in [5.74, 6) is 0.508. The van der Waals surface area contributed by atoms with Crippen molar-refractivity contribution in [3.05, 3.63) is 56.7 Å². The molecule has 0 aromatic heterocycles. The van der Waals surface area contributed by atoms with Crippen LogP contribution in [0.5, 0.6) is 5.75 Å². The molecule has 19 heavy (non-hydrogen) atoms. The van der Waals surface area contributed by atoms with Crippen LogP contribution >= 0.6 is 31.9 Å². The lowest BCUT2D eigenvalue weighted by Gasteiger charge is -2.10. The Labute approximate surface area is 128 Å². The summed E-state index contributed by atoms with van der Waals surface area (Å²) in [6, 6.07) is 10.6.